The summed E-state index contributed by atoms with van der Waals surface area (Å²) in [5, 5.41) is 10.2. The zero-order valence-electron chi connectivity index (χ0n) is 9.06. The Hall–Kier alpha value is -1.69. The Bertz CT molecular complexity index is 439. The smallest absolute Gasteiger partial charge is 0.355 e. The summed E-state index contributed by atoms with van der Waals surface area (Å²) >= 11 is 1.03. The zero-order valence-corrected chi connectivity index (χ0v) is 9.87. The summed E-state index contributed by atoms with van der Waals surface area (Å²) in [6.07, 6.45) is 0. The number of thiazole rings is 1. The highest BCUT2D eigenvalue weighted by Gasteiger charge is 2.17. The van der Waals surface area contributed by atoms with Crippen molar-refractivity contribution in [3.63, 3.8) is 0 Å². The van der Waals surface area contributed by atoms with Gasteiger partial charge in [-0.2, -0.15) is 0 Å². The lowest BCUT2D eigenvalue weighted by Crippen LogP contribution is -2.28. The average Bonchev–Trinajstić information content (AvgIpc) is 2.64. The van der Waals surface area contributed by atoms with Crippen LogP contribution < -0.4 is 0 Å². The highest BCUT2D eigenvalue weighted by atomic mass is 32.1. The van der Waals surface area contributed by atoms with Crippen LogP contribution in [-0.2, 0) is 0 Å². The van der Waals surface area contributed by atoms with Crippen molar-refractivity contribution < 1.29 is 14.7 Å². The van der Waals surface area contributed by atoms with Crippen molar-refractivity contribution in [2.75, 3.05) is 13.6 Å². The fraction of sp³-hybridized carbons (Fsp3) is 0.300. The number of likely N-dealkylation sites (N-methyl/N-ethyl adjacent to an activating group) is 1. The molecule has 5 nitrogen and oxygen atoms in total. The standard InChI is InChI=1S/C10H12N2O3S/c1-6(2)4-12(3)9(13)8-11-7(5-16-8)10(14)15/h5H,1,4H2,2-3H3,(H,14,15). The summed E-state index contributed by atoms with van der Waals surface area (Å²) < 4.78 is 0. The van der Waals surface area contributed by atoms with Gasteiger partial charge in [-0.05, 0) is 6.92 Å². The van der Waals surface area contributed by atoms with Crippen LogP contribution in [-0.4, -0.2) is 40.5 Å². The lowest BCUT2D eigenvalue weighted by Gasteiger charge is -2.14. The molecule has 6 heteroatoms. The van der Waals surface area contributed by atoms with E-state index in [2.05, 4.69) is 11.6 Å². The van der Waals surface area contributed by atoms with Gasteiger partial charge in [0.25, 0.3) is 5.91 Å². The number of hydrogen-bond donors (Lipinski definition) is 1. The highest BCUT2D eigenvalue weighted by molar-refractivity contribution is 7.11. The number of carbonyl (C=O) groups is 2. The summed E-state index contributed by atoms with van der Waals surface area (Å²) in [6, 6.07) is 0. The summed E-state index contributed by atoms with van der Waals surface area (Å²) in [5.74, 6) is -1.42. The Labute approximate surface area is 97.0 Å². The van der Waals surface area contributed by atoms with E-state index in [0.717, 1.165) is 16.9 Å². The first-order valence-electron chi connectivity index (χ1n) is 4.50. The van der Waals surface area contributed by atoms with Gasteiger partial charge in [0.2, 0.25) is 0 Å². The maximum atomic E-state index is 11.8. The van der Waals surface area contributed by atoms with Crippen LogP contribution >= 0.6 is 11.3 Å². The number of aromatic nitrogens is 1. The number of aromatic carboxylic acids is 1. The van der Waals surface area contributed by atoms with Gasteiger partial charge in [-0.15, -0.1) is 11.3 Å². The van der Waals surface area contributed by atoms with Crippen molar-refractivity contribution in [3.8, 4) is 0 Å². The molecule has 0 unspecified atom stereocenters. The fourth-order valence-corrected chi connectivity index (χ4v) is 1.89. The van der Waals surface area contributed by atoms with Crippen LogP contribution in [0.4, 0.5) is 0 Å². The maximum absolute atomic E-state index is 11.8. The van der Waals surface area contributed by atoms with E-state index in [9.17, 15) is 9.59 Å². The number of amides is 1. The number of rotatable bonds is 4. The molecule has 0 fully saturated rings. The Kier molecular flexibility index (Phi) is 3.78. The summed E-state index contributed by atoms with van der Waals surface area (Å²) in [4.78, 5) is 27.5. The molecule has 0 atom stereocenters. The Morgan fingerprint density at radius 3 is 2.69 bits per heavy atom. The van der Waals surface area contributed by atoms with E-state index in [0.29, 0.717) is 6.54 Å². The fourth-order valence-electron chi connectivity index (χ4n) is 1.11. The van der Waals surface area contributed by atoms with Crippen LogP contribution in [0.5, 0.6) is 0 Å². The predicted molar refractivity (Wildman–Crippen MR) is 60.8 cm³/mol. The minimum atomic E-state index is -1.13. The van der Waals surface area contributed by atoms with E-state index >= 15 is 0 Å². The molecule has 1 aromatic heterocycles. The molecule has 0 saturated carbocycles. The van der Waals surface area contributed by atoms with Crippen molar-refractivity contribution in [1.82, 2.24) is 9.88 Å². The third kappa shape index (κ3) is 2.90. The third-order valence-electron chi connectivity index (χ3n) is 1.76. The average molecular weight is 240 g/mol. The number of carboxylic acids is 1. The second-order valence-electron chi connectivity index (χ2n) is 3.46. The minimum absolute atomic E-state index is 0.0999. The van der Waals surface area contributed by atoms with Gasteiger partial charge < -0.3 is 10.0 Å². The molecule has 1 heterocycles. The summed E-state index contributed by atoms with van der Waals surface area (Å²) in [7, 11) is 1.62. The molecule has 1 aromatic rings. The summed E-state index contributed by atoms with van der Waals surface area (Å²) in [5.41, 5.74) is 0.753. The van der Waals surface area contributed by atoms with Crippen molar-refractivity contribution in [1.29, 1.82) is 0 Å². The normalized spacial score (nSPS) is 9.88. The van der Waals surface area contributed by atoms with Gasteiger partial charge in [-0.25, -0.2) is 9.78 Å². The lowest BCUT2D eigenvalue weighted by atomic mass is 10.3. The monoisotopic (exact) mass is 240 g/mol. The van der Waals surface area contributed by atoms with Crippen LogP contribution in [0.3, 0.4) is 0 Å². The molecule has 0 aromatic carbocycles. The number of nitrogens with zero attached hydrogens (tertiary/aromatic N) is 2. The number of hydrogen-bond acceptors (Lipinski definition) is 4. The Morgan fingerprint density at radius 2 is 2.25 bits per heavy atom. The largest absolute Gasteiger partial charge is 0.476 e. The van der Waals surface area contributed by atoms with Gasteiger partial charge in [0.1, 0.15) is 0 Å². The first kappa shape index (κ1) is 12.4. The zero-order chi connectivity index (χ0) is 12.3. The minimum Gasteiger partial charge on any atom is -0.476 e. The molecule has 0 spiro atoms. The van der Waals surface area contributed by atoms with Crippen molar-refractivity contribution in [2.24, 2.45) is 0 Å². The molecule has 0 radical (unpaired) electrons. The van der Waals surface area contributed by atoms with Crippen LogP contribution in [0.25, 0.3) is 0 Å². The van der Waals surface area contributed by atoms with Crippen molar-refractivity contribution in [3.05, 3.63) is 28.2 Å². The first-order chi connectivity index (χ1) is 7.41. The Morgan fingerprint density at radius 1 is 1.62 bits per heavy atom. The second-order valence-corrected chi connectivity index (χ2v) is 4.32. The molecule has 16 heavy (non-hydrogen) atoms. The first-order valence-corrected chi connectivity index (χ1v) is 5.38. The molecule has 1 N–H and O–H groups in total. The van der Waals surface area contributed by atoms with E-state index in [1.807, 2.05) is 6.92 Å². The molecular formula is C10H12N2O3S. The van der Waals surface area contributed by atoms with Gasteiger partial charge in [-0.3, -0.25) is 4.79 Å². The third-order valence-corrected chi connectivity index (χ3v) is 2.59. The number of carbonyl (C=O) groups excluding carboxylic acids is 1. The van der Waals surface area contributed by atoms with Crippen LogP contribution in [0.15, 0.2) is 17.5 Å². The van der Waals surface area contributed by atoms with E-state index < -0.39 is 5.97 Å². The van der Waals surface area contributed by atoms with Crippen LogP contribution in [0, 0.1) is 0 Å². The molecule has 0 bridgehead atoms. The highest BCUT2D eigenvalue weighted by Crippen LogP contribution is 2.12. The molecule has 1 amide bonds. The topological polar surface area (TPSA) is 70.5 Å². The molecule has 0 saturated heterocycles. The van der Waals surface area contributed by atoms with E-state index in [-0.39, 0.29) is 16.6 Å². The van der Waals surface area contributed by atoms with Crippen LogP contribution in [0.1, 0.15) is 27.2 Å². The predicted octanol–water partition coefficient (Wildman–Crippen LogP) is 1.49. The quantitative estimate of drug-likeness (QED) is 0.809. The van der Waals surface area contributed by atoms with E-state index in [1.165, 1.54) is 10.3 Å². The second kappa shape index (κ2) is 4.89. The van der Waals surface area contributed by atoms with Gasteiger partial charge in [-0.1, -0.05) is 12.2 Å². The molecular weight excluding hydrogens is 228 g/mol. The van der Waals surface area contributed by atoms with E-state index in [1.54, 1.807) is 7.05 Å². The van der Waals surface area contributed by atoms with Gasteiger partial charge >= 0.3 is 5.97 Å². The molecule has 0 aliphatic heterocycles. The summed E-state index contributed by atoms with van der Waals surface area (Å²) in [6.45, 7) is 5.94. The SMILES string of the molecule is C=C(C)CN(C)C(=O)c1nc(C(=O)O)cs1. The number of carboxylic acid groups (broad SMARTS) is 1. The van der Waals surface area contributed by atoms with Gasteiger partial charge in [0, 0.05) is 19.0 Å². The van der Waals surface area contributed by atoms with Crippen LogP contribution in [0.2, 0.25) is 0 Å². The maximum Gasteiger partial charge on any atom is 0.355 e. The van der Waals surface area contributed by atoms with Crippen molar-refractivity contribution in [2.45, 2.75) is 6.92 Å². The Balaban J connectivity index is 2.80. The molecule has 0 aliphatic carbocycles. The molecule has 86 valence electrons. The molecule has 0 aliphatic rings. The lowest BCUT2D eigenvalue weighted by molar-refractivity contribution is 0.0691. The van der Waals surface area contributed by atoms with Gasteiger partial charge in [0.15, 0.2) is 10.7 Å². The van der Waals surface area contributed by atoms with Gasteiger partial charge in [0.05, 0.1) is 0 Å². The van der Waals surface area contributed by atoms with E-state index in [4.69, 9.17) is 5.11 Å². The molecule has 1 rings (SSSR count). The van der Waals surface area contributed by atoms with Crippen molar-refractivity contribution >= 4 is 23.2 Å².